The van der Waals surface area contributed by atoms with Crippen molar-refractivity contribution in [2.75, 3.05) is 0 Å². The zero-order chi connectivity index (χ0) is 26.0. The third kappa shape index (κ3) is 658. The molecular formula is C13H3CoO12. The Bertz CT molecular complexity index is 74.1. The molecule has 0 heterocycles. The maximum atomic E-state index is 7.50. The molecule has 26 heavy (non-hydrogen) atoms. The maximum Gasteiger partial charge on any atom is 0.281 e. The Balaban J connectivity index is -0.00000000640. The van der Waals surface area contributed by atoms with E-state index in [1.165, 1.54) is 0 Å². The monoisotopic (exact) mass is 410 g/mol. The zero-order valence-electron chi connectivity index (χ0n) is 12.2. The van der Waals surface area contributed by atoms with Crippen LogP contribution in [-0.2, 0) is 73.3 Å². The van der Waals surface area contributed by atoms with Crippen molar-refractivity contribution in [3.8, 4) is 0 Å². The summed E-state index contributed by atoms with van der Waals surface area (Å²) >= 11 is 3.56. The van der Waals surface area contributed by atoms with E-state index < -0.39 is 0 Å². The van der Waals surface area contributed by atoms with Crippen LogP contribution in [0.2, 0.25) is 5.86 Å². The summed E-state index contributed by atoms with van der Waals surface area (Å²) in [4.78, 5) is 90.0. The first-order chi connectivity index (χ1) is 13.0. The fraction of sp³-hybridized carbons (Fsp3) is 0.0769. The molecule has 0 aliphatic heterocycles. The Hall–Kier alpha value is -3.45. The van der Waals surface area contributed by atoms with Crippen molar-refractivity contribution in [3.63, 3.8) is 0 Å². The molecule has 13 heteroatoms. The number of carbonyl (C=O) groups excluding carboxylic acids is 12. The van der Waals surface area contributed by atoms with Crippen molar-refractivity contribution in [2.24, 2.45) is 0 Å². The number of hydrogen-bond acceptors (Lipinski definition) is 12. The van der Waals surface area contributed by atoms with Gasteiger partial charge in [-0.1, -0.05) is 0 Å². The topological polar surface area (TPSA) is 205 Å². The first-order valence-corrected chi connectivity index (χ1v) is 3.82. The van der Waals surface area contributed by atoms with Gasteiger partial charge in [0.05, 0.1) is 0 Å². The molecule has 0 amide bonds. The predicted molar refractivity (Wildman–Crippen MR) is 74.2 cm³/mol. The summed E-state index contributed by atoms with van der Waals surface area (Å²) in [5.41, 5.74) is 0. The zero-order valence-corrected chi connectivity index (χ0v) is 13.3. The van der Waals surface area contributed by atoms with Crippen molar-refractivity contribution in [1.82, 2.24) is 0 Å². The van der Waals surface area contributed by atoms with Crippen LogP contribution in [0.3, 0.4) is 0 Å². The fourth-order valence-corrected chi connectivity index (χ4v) is 0. The molecule has 0 bridgehead atoms. The van der Waals surface area contributed by atoms with E-state index >= 15 is 0 Å². The van der Waals surface area contributed by atoms with E-state index in [1.54, 1.807) is 5.86 Å². The smallest absolute Gasteiger partial charge is 0.281 e. The fourth-order valence-electron chi connectivity index (χ4n) is 0. The second kappa shape index (κ2) is 763. The molecule has 136 valence electrons. The van der Waals surface area contributed by atoms with E-state index in [0.717, 1.165) is 0 Å². The normalized spacial score (nSPS) is 2.12. The van der Waals surface area contributed by atoms with Gasteiger partial charge >= 0.3 is 21.6 Å². The first-order valence-electron chi connectivity index (χ1n) is 2.78. The molecule has 24 radical (unpaired) electrons. The molecule has 0 aromatic heterocycles. The van der Waals surface area contributed by atoms with Crippen molar-refractivity contribution < 1.29 is 73.3 Å². The molecule has 0 rings (SSSR count). The minimum Gasteiger partial charge on any atom is -0.281 e. The maximum absolute atomic E-state index is 7.50. The molecule has 0 aromatic rings. The van der Waals surface area contributed by atoms with Gasteiger partial charge in [-0.2, -0.15) is 0 Å². The van der Waals surface area contributed by atoms with E-state index in [9.17, 15) is 0 Å². The molecule has 0 unspecified atom stereocenters. The molecule has 12 nitrogen and oxygen atoms in total. The first kappa shape index (κ1) is 115. The largest absolute Gasteiger partial charge is 0.281 e. The SMILES string of the molecule is [CH3][Co].[C]=O.[C]=O.[C]=O.[C]=O.[C]=O.[C]=O.[C]=O.[C]=O.[C]=O.[C]=O.[C]=O.[C]=O. The quantitative estimate of drug-likeness (QED) is 0.373. The van der Waals surface area contributed by atoms with Crippen LogP contribution in [0.15, 0.2) is 0 Å². The molecule has 0 atom stereocenters. The Kier molecular flexibility index (Phi) is 3370. The van der Waals surface area contributed by atoms with Crippen LogP contribution in [0, 0.1) is 0 Å². The minimum atomic E-state index is 1.69. The van der Waals surface area contributed by atoms with Gasteiger partial charge in [0.15, 0.2) is 0 Å². The molecule has 0 spiro atoms. The van der Waals surface area contributed by atoms with Gasteiger partial charge in [-0.25, -0.2) is 0 Å². The van der Waals surface area contributed by atoms with Crippen LogP contribution in [0.5, 0.6) is 0 Å². The van der Waals surface area contributed by atoms with Crippen LogP contribution < -0.4 is 0 Å². The Morgan fingerprint density at radius 1 is 0.231 bits per heavy atom. The van der Waals surface area contributed by atoms with Gasteiger partial charge in [0.25, 0.3) is 81.5 Å². The molecule has 0 fully saturated rings. The molecule has 0 saturated heterocycles. The third-order valence-corrected chi connectivity index (χ3v) is 0. The van der Waals surface area contributed by atoms with E-state index in [4.69, 9.17) is 57.5 Å². The standard InChI is InChI=1S/12CO.CH3.Co/c12*1-2;;/h;;;;;;;;;;;;1H3;. The molecule has 0 aromatic carbocycles. The van der Waals surface area contributed by atoms with Crippen LogP contribution in [-0.4, -0.2) is 81.5 Å². The molecule has 0 aliphatic rings. The van der Waals surface area contributed by atoms with Crippen molar-refractivity contribution in [1.29, 1.82) is 0 Å². The summed E-state index contributed by atoms with van der Waals surface area (Å²) in [6.07, 6.45) is 0. The average Bonchev–Trinajstić information content (AvgIpc) is 2.90. The predicted octanol–water partition coefficient (Wildman–Crippen LogP) is -4.18. The molecule has 0 saturated carbocycles. The van der Waals surface area contributed by atoms with Crippen LogP contribution >= 0.6 is 0 Å². The van der Waals surface area contributed by atoms with Gasteiger partial charge in [0, 0.05) is 0 Å². The van der Waals surface area contributed by atoms with Gasteiger partial charge in [-0.05, 0) is 0 Å². The second-order valence-electron chi connectivity index (χ2n) is 0. The summed E-state index contributed by atoms with van der Waals surface area (Å²) in [5, 5.41) is 0. The van der Waals surface area contributed by atoms with Crippen LogP contribution in [0.4, 0.5) is 0 Å². The average molecular weight is 410 g/mol. The minimum absolute atomic E-state index is 1.69. The van der Waals surface area contributed by atoms with Crippen molar-refractivity contribution >= 4 is 81.5 Å². The van der Waals surface area contributed by atoms with Crippen molar-refractivity contribution in [3.05, 3.63) is 0 Å². The van der Waals surface area contributed by atoms with E-state index in [-0.39, 0.29) is 0 Å². The van der Waals surface area contributed by atoms with Gasteiger partial charge in [-0.3, -0.25) is 57.5 Å². The summed E-state index contributed by atoms with van der Waals surface area (Å²) in [5.74, 6) is 1.69. The Morgan fingerprint density at radius 3 is 0.231 bits per heavy atom. The van der Waals surface area contributed by atoms with Crippen molar-refractivity contribution in [2.45, 2.75) is 5.86 Å². The second-order valence-corrected chi connectivity index (χ2v) is 0. The molecule has 0 aliphatic carbocycles. The Labute approximate surface area is 161 Å². The summed E-state index contributed by atoms with van der Waals surface area (Å²) in [7, 11) is 0. The van der Waals surface area contributed by atoms with E-state index in [0.29, 0.717) is 0 Å². The van der Waals surface area contributed by atoms with E-state index in [2.05, 4.69) is 97.2 Å². The van der Waals surface area contributed by atoms with Gasteiger partial charge < -0.3 is 0 Å². The van der Waals surface area contributed by atoms with E-state index in [1.807, 2.05) is 0 Å². The third-order valence-electron chi connectivity index (χ3n) is 0. The summed E-state index contributed by atoms with van der Waals surface area (Å²) in [6.45, 7) is 54.0. The molecule has 0 N–H and O–H groups in total. The van der Waals surface area contributed by atoms with Gasteiger partial charge in [0.1, 0.15) is 0 Å². The Morgan fingerprint density at radius 2 is 0.231 bits per heavy atom. The van der Waals surface area contributed by atoms with Crippen LogP contribution in [0.1, 0.15) is 0 Å². The van der Waals surface area contributed by atoms with Gasteiger partial charge in [-0.15, -0.1) is 0 Å². The number of hydrogen-bond donors (Lipinski definition) is 0. The number of rotatable bonds is 0. The summed E-state index contributed by atoms with van der Waals surface area (Å²) in [6, 6.07) is 0. The van der Waals surface area contributed by atoms with Gasteiger partial charge in [0.2, 0.25) is 0 Å². The van der Waals surface area contributed by atoms with Crippen LogP contribution in [0.25, 0.3) is 0 Å². The molecular weight excluding hydrogens is 407 g/mol. The summed E-state index contributed by atoms with van der Waals surface area (Å²) < 4.78 is 0.